The molecular weight excluding hydrogens is 288 g/mol. The van der Waals surface area contributed by atoms with Crippen LogP contribution in [-0.2, 0) is 11.3 Å². The number of hydrogen-bond acceptors (Lipinski definition) is 4. The molecule has 1 aromatic heterocycles. The van der Waals surface area contributed by atoms with Gasteiger partial charge in [-0.2, -0.15) is 0 Å². The minimum absolute atomic E-state index is 0.210. The van der Waals surface area contributed by atoms with Crippen LogP contribution in [0.25, 0.3) is 11.5 Å². The molecule has 3 atom stereocenters. The smallest absolute Gasteiger partial charge is 0.226 e. The first-order valence-electron chi connectivity index (χ1n) is 8.39. The molecule has 23 heavy (non-hydrogen) atoms. The first kappa shape index (κ1) is 14.9. The summed E-state index contributed by atoms with van der Waals surface area (Å²) in [5, 5.41) is 0. The van der Waals surface area contributed by atoms with Gasteiger partial charge in [-0.3, -0.25) is 4.90 Å². The summed E-state index contributed by atoms with van der Waals surface area (Å²) in [5.74, 6) is 1.36. The predicted molar refractivity (Wildman–Crippen MR) is 88.8 cm³/mol. The van der Waals surface area contributed by atoms with Gasteiger partial charge in [0.15, 0.2) is 0 Å². The SMILES string of the molecule is CN(Cc1coc(-c2ccccc2)n1)[C@@H]1[C@H]2CCO[C@H]2C1(C)C. The van der Waals surface area contributed by atoms with Gasteiger partial charge in [0.2, 0.25) is 5.89 Å². The number of nitrogens with zero attached hydrogens (tertiary/aromatic N) is 2. The maximum Gasteiger partial charge on any atom is 0.226 e. The fourth-order valence-electron chi connectivity index (χ4n) is 4.64. The zero-order valence-corrected chi connectivity index (χ0v) is 14.0. The van der Waals surface area contributed by atoms with Gasteiger partial charge in [0.25, 0.3) is 0 Å². The molecule has 1 saturated heterocycles. The number of fused-ring (bicyclic) bond motifs is 1. The second-order valence-corrected chi connectivity index (χ2v) is 7.44. The van der Waals surface area contributed by atoms with E-state index in [0.29, 0.717) is 24.0 Å². The summed E-state index contributed by atoms with van der Waals surface area (Å²) in [6.07, 6.45) is 3.39. The van der Waals surface area contributed by atoms with Crippen LogP contribution in [0.3, 0.4) is 0 Å². The van der Waals surface area contributed by atoms with Crippen molar-refractivity contribution < 1.29 is 9.15 Å². The maximum atomic E-state index is 5.90. The van der Waals surface area contributed by atoms with E-state index < -0.39 is 0 Å². The van der Waals surface area contributed by atoms with Gasteiger partial charge in [-0.05, 0) is 25.6 Å². The third-order valence-corrected chi connectivity index (χ3v) is 5.50. The average Bonchev–Trinajstić information content (AvgIpc) is 3.16. The fourth-order valence-corrected chi connectivity index (χ4v) is 4.64. The van der Waals surface area contributed by atoms with Gasteiger partial charge in [-0.1, -0.05) is 32.0 Å². The summed E-state index contributed by atoms with van der Waals surface area (Å²) < 4.78 is 11.6. The largest absolute Gasteiger partial charge is 0.444 e. The molecule has 4 rings (SSSR count). The van der Waals surface area contributed by atoms with Crippen molar-refractivity contribution >= 4 is 0 Å². The molecule has 2 heterocycles. The summed E-state index contributed by atoms with van der Waals surface area (Å²) in [5.41, 5.74) is 2.22. The molecule has 0 N–H and O–H groups in total. The van der Waals surface area contributed by atoms with Crippen LogP contribution >= 0.6 is 0 Å². The van der Waals surface area contributed by atoms with Crippen LogP contribution in [0.2, 0.25) is 0 Å². The lowest BCUT2D eigenvalue weighted by molar-refractivity contribution is -0.151. The van der Waals surface area contributed by atoms with E-state index >= 15 is 0 Å². The summed E-state index contributed by atoms with van der Waals surface area (Å²) in [6.45, 7) is 6.36. The fraction of sp³-hybridized carbons (Fsp3) is 0.526. The van der Waals surface area contributed by atoms with Crippen LogP contribution in [-0.4, -0.2) is 35.7 Å². The number of aromatic nitrogens is 1. The molecule has 0 bridgehead atoms. The third-order valence-electron chi connectivity index (χ3n) is 5.50. The topological polar surface area (TPSA) is 38.5 Å². The standard InChI is InChI=1S/C19H24N2O2/c1-19(2)16(15-9-10-22-17(15)19)21(3)11-14-12-23-18(20-14)13-7-5-4-6-8-13/h4-8,12,15-17H,9-11H2,1-3H3/t15-,16-,17-/m1/s1. The molecule has 122 valence electrons. The van der Waals surface area contributed by atoms with Crippen LogP contribution in [0.4, 0.5) is 0 Å². The number of oxazole rings is 1. The van der Waals surface area contributed by atoms with Crippen molar-refractivity contribution in [2.45, 2.75) is 39.0 Å². The second kappa shape index (κ2) is 5.46. The van der Waals surface area contributed by atoms with E-state index in [2.05, 4.69) is 30.8 Å². The summed E-state index contributed by atoms with van der Waals surface area (Å²) in [4.78, 5) is 7.07. The van der Waals surface area contributed by atoms with E-state index in [1.54, 1.807) is 6.26 Å². The van der Waals surface area contributed by atoms with Crippen molar-refractivity contribution in [1.29, 1.82) is 0 Å². The van der Waals surface area contributed by atoms with Crippen molar-refractivity contribution in [2.75, 3.05) is 13.7 Å². The van der Waals surface area contributed by atoms with Crippen molar-refractivity contribution in [2.24, 2.45) is 11.3 Å². The van der Waals surface area contributed by atoms with Gasteiger partial charge < -0.3 is 9.15 Å². The first-order valence-corrected chi connectivity index (χ1v) is 8.39. The lowest BCUT2D eigenvalue weighted by Crippen LogP contribution is -2.65. The highest BCUT2D eigenvalue weighted by atomic mass is 16.5. The minimum atomic E-state index is 0.210. The monoisotopic (exact) mass is 312 g/mol. The molecule has 0 spiro atoms. The number of hydrogen-bond donors (Lipinski definition) is 0. The van der Waals surface area contributed by atoms with Crippen LogP contribution < -0.4 is 0 Å². The molecule has 1 saturated carbocycles. The van der Waals surface area contributed by atoms with Gasteiger partial charge >= 0.3 is 0 Å². The van der Waals surface area contributed by atoms with Crippen LogP contribution in [0, 0.1) is 11.3 Å². The Balaban J connectivity index is 1.47. The van der Waals surface area contributed by atoms with Crippen LogP contribution in [0.15, 0.2) is 41.0 Å². The molecule has 2 aromatic rings. The highest BCUT2D eigenvalue weighted by molar-refractivity contribution is 5.52. The van der Waals surface area contributed by atoms with Crippen molar-refractivity contribution in [3.05, 3.63) is 42.3 Å². The normalized spacial score (nSPS) is 28.6. The van der Waals surface area contributed by atoms with Crippen molar-refractivity contribution in [1.82, 2.24) is 9.88 Å². The number of benzene rings is 1. The lowest BCUT2D eigenvalue weighted by atomic mass is 9.57. The molecule has 4 heteroatoms. The van der Waals surface area contributed by atoms with E-state index in [1.807, 2.05) is 30.3 Å². The summed E-state index contributed by atoms with van der Waals surface area (Å²) in [7, 11) is 2.19. The molecule has 1 aliphatic carbocycles. The van der Waals surface area contributed by atoms with Crippen LogP contribution in [0.5, 0.6) is 0 Å². The zero-order valence-electron chi connectivity index (χ0n) is 14.0. The Morgan fingerprint density at radius 3 is 2.83 bits per heavy atom. The number of rotatable bonds is 4. The maximum absolute atomic E-state index is 5.90. The third kappa shape index (κ3) is 2.41. The van der Waals surface area contributed by atoms with Crippen LogP contribution in [0.1, 0.15) is 26.0 Å². The highest BCUT2D eigenvalue weighted by Crippen LogP contribution is 2.54. The summed E-state index contributed by atoms with van der Waals surface area (Å²) >= 11 is 0. The quantitative estimate of drug-likeness (QED) is 0.865. The van der Waals surface area contributed by atoms with E-state index in [9.17, 15) is 0 Å². The van der Waals surface area contributed by atoms with E-state index in [-0.39, 0.29) is 5.41 Å². The van der Waals surface area contributed by atoms with E-state index in [0.717, 1.165) is 24.4 Å². The Morgan fingerprint density at radius 1 is 1.26 bits per heavy atom. The minimum Gasteiger partial charge on any atom is -0.444 e. The Morgan fingerprint density at radius 2 is 2.04 bits per heavy atom. The van der Waals surface area contributed by atoms with Gasteiger partial charge in [-0.25, -0.2) is 4.98 Å². The zero-order chi connectivity index (χ0) is 16.0. The molecule has 0 unspecified atom stereocenters. The van der Waals surface area contributed by atoms with Gasteiger partial charge in [0.1, 0.15) is 6.26 Å². The van der Waals surface area contributed by atoms with Gasteiger partial charge in [0.05, 0.1) is 11.8 Å². The van der Waals surface area contributed by atoms with E-state index in [1.165, 1.54) is 6.42 Å². The Labute approximate surface area is 137 Å². The molecule has 2 aliphatic rings. The Bertz CT molecular complexity index is 680. The molecule has 1 aromatic carbocycles. The summed E-state index contributed by atoms with van der Waals surface area (Å²) in [6, 6.07) is 10.6. The van der Waals surface area contributed by atoms with Crippen molar-refractivity contribution in [3.8, 4) is 11.5 Å². The lowest BCUT2D eigenvalue weighted by Gasteiger charge is -2.57. The Kier molecular flexibility index (Phi) is 3.54. The predicted octanol–water partition coefficient (Wildman–Crippen LogP) is 3.59. The highest BCUT2D eigenvalue weighted by Gasteiger charge is 2.60. The molecule has 0 amide bonds. The van der Waals surface area contributed by atoms with Gasteiger partial charge in [-0.15, -0.1) is 0 Å². The van der Waals surface area contributed by atoms with Gasteiger partial charge in [0, 0.05) is 36.1 Å². The molecule has 1 aliphatic heterocycles. The molecule has 0 radical (unpaired) electrons. The Hall–Kier alpha value is -1.65. The molecular formula is C19H24N2O2. The van der Waals surface area contributed by atoms with Crippen molar-refractivity contribution in [3.63, 3.8) is 0 Å². The van der Waals surface area contributed by atoms with E-state index in [4.69, 9.17) is 9.15 Å². The second-order valence-electron chi connectivity index (χ2n) is 7.44. The number of ether oxygens (including phenoxy) is 1. The average molecular weight is 312 g/mol. The first-order chi connectivity index (χ1) is 11.1. The molecule has 4 nitrogen and oxygen atoms in total. The molecule has 2 fully saturated rings.